The number of aryl methyl sites for hydroxylation is 2. The molecular weight excluding hydrogens is 462 g/mol. The van der Waals surface area contributed by atoms with Gasteiger partial charge in [-0.15, -0.1) is 11.3 Å². The number of nitrogens with zero attached hydrogens (tertiary/aromatic N) is 2. The van der Waals surface area contributed by atoms with Gasteiger partial charge in [-0.3, -0.25) is 24.6 Å². The molecule has 3 amide bonds. The molecule has 35 heavy (non-hydrogen) atoms. The van der Waals surface area contributed by atoms with Crippen LogP contribution in [0.15, 0.2) is 36.4 Å². The van der Waals surface area contributed by atoms with Gasteiger partial charge in [0.05, 0.1) is 23.9 Å². The fourth-order valence-electron chi connectivity index (χ4n) is 4.98. The van der Waals surface area contributed by atoms with Crippen LogP contribution in [-0.2, 0) is 0 Å². The molecule has 1 aliphatic heterocycles. The minimum absolute atomic E-state index is 0.0493. The molecule has 2 heterocycles. The van der Waals surface area contributed by atoms with Crippen LogP contribution >= 0.6 is 11.3 Å². The number of carbonyl (C=O) groups excluding carboxylic acids is 3. The Hall–Kier alpha value is -3.52. The van der Waals surface area contributed by atoms with Crippen LogP contribution in [0, 0.1) is 13.8 Å². The van der Waals surface area contributed by atoms with Crippen molar-refractivity contribution in [2.24, 2.45) is 0 Å². The van der Waals surface area contributed by atoms with Gasteiger partial charge in [-0.05, 0) is 68.7 Å². The predicted octanol–water partition coefficient (Wildman–Crippen LogP) is 5.62. The van der Waals surface area contributed by atoms with Gasteiger partial charge in [-0.2, -0.15) is 0 Å². The number of amides is 3. The standard InChI is InChI=1S/C27H27N3O4S/c1-15-13-17(10-12-22(15)34-3)23-16(2)35-27(28-23)29-24(31)18-9-11-20-21(14-18)26(33)30(25(20)32)19-7-5-4-6-8-19/h9-14,19H,4-8H2,1-3H3,(H,28,29,31). The van der Waals surface area contributed by atoms with Crippen LogP contribution < -0.4 is 10.1 Å². The molecule has 2 aliphatic rings. The highest BCUT2D eigenvalue weighted by Crippen LogP contribution is 2.34. The maximum absolute atomic E-state index is 13.1. The third kappa shape index (κ3) is 4.23. The highest BCUT2D eigenvalue weighted by Gasteiger charge is 2.40. The third-order valence-electron chi connectivity index (χ3n) is 6.81. The van der Waals surface area contributed by atoms with E-state index in [-0.39, 0.29) is 23.8 Å². The lowest BCUT2D eigenvalue weighted by molar-refractivity contribution is 0.0549. The van der Waals surface area contributed by atoms with Gasteiger partial charge in [0.1, 0.15) is 5.75 Å². The van der Waals surface area contributed by atoms with Crippen LogP contribution in [0.2, 0.25) is 0 Å². The van der Waals surface area contributed by atoms with Crippen molar-refractivity contribution in [2.45, 2.75) is 52.0 Å². The monoisotopic (exact) mass is 489 g/mol. The number of hydrogen-bond donors (Lipinski definition) is 1. The van der Waals surface area contributed by atoms with Crippen LogP contribution in [0.3, 0.4) is 0 Å². The molecule has 1 aliphatic carbocycles. The average molecular weight is 490 g/mol. The quantitative estimate of drug-likeness (QED) is 0.470. The number of methoxy groups -OCH3 is 1. The summed E-state index contributed by atoms with van der Waals surface area (Å²) >= 11 is 1.39. The first-order valence-corrected chi connectivity index (χ1v) is 12.6. The lowest BCUT2D eigenvalue weighted by Gasteiger charge is -2.29. The van der Waals surface area contributed by atoms with Crippen LogP contribution in [0.25, 0.3) is 11.3 Å². The number of rotatable bonds is 5. The Kier molecular flexibility index (Phi) is 6.15. The Morgan fingerprint density at radius 3 is 2.49 bits per heavy atom. The molecule has 0 saturated heterocycles. The molecule has 2 aromatic carbocycles. The fourth-order valence-corrected chi connectivity index (χ4v) is 5.82. The number of aromatic nitrogens is 1. The normalized spacial score (nSPS) is 15.9. The Bertz CT molecular complexity index is 1340. The number of fused-ring (bicyclic) bond motifs is 1. The Morgan fingerprint density at radius 2 is 1.77 bits per heavy atom. The molecule has 1 saturated carbocycles. The largest absolute Gasteiger partial charge is 0.496 e. The number of ether oxygens (including phenoxy) is 1. The summed E-state index contributed by atoms with van der Waals surface area (Å²) in [5.41, 5.74) is 3.75. The Labute approximate surface area is 208 Å². The molecule has 1 aromatic heterocycles. The van der Waals surface area contributed by atoms with Crippen molar-refractivity contribution >= 4 is 34.2 Å². The molecule has 3 aromatic rings. The number of nitrogens with one attached hydrogen (secondary N) is 1. The van der Waals surface area contributed by atoms with E-state index >= 15 is 0 Å². The van der Waals surface area contributed by atoms with E-state index in [0.717, 1.165) is 59.6 Å². The van der Waals surface area contributed by atoms with Crippen molar-refractivity contribution in [1.82, 2.24) is 9.88 Å². The molecule has 0 radical (unpaired) electrons. The van der Waals surface area contributed by atoms with E-state index in [1.807, 2.05) is 32.0 Å². The fraction of sp³-hybridized carbons (Fsp3) is 0.333. The summed E-state index contributed by atoms with van der Waals surface area (Å²) < 4.78 is 5.34. The minimum atomic E-state index is -0.365. The second-order valence-corrected chi connectivity index (χ2v) is 10.3. The van der Waals surface area contributed by atoms with Crippen molar-refractivity contribution < 1.29 is 19.1 Å². The highest BCUT2D eigenvalue weighted by atomic mass is 32.1. The molecule has 180 valence electrons. The maximum Gasteiger partial charge on any atom is 0.261 e. The average Bonchev–Trinajstić information content (AvgIpc) is 3.35. The van der Waals surface area contributed by atoms with Crippen molar-refractivity contribution in [3.8, 4) is 17.0 Å². The number of thiazole rings is 1. The zero-order chi connectivity index (χ0) is 24.7. The van der Waals surface area contributed by atoms with Gasteiger partial charge >= 0.3 is 0 Å². The highest BCUT2D eigenvalue weighted by molar-refractivity contribution is 7.16. The van der Waals surface area contributed by atoms with E-state index in [0.29, 0.717) is 21.8 Å². The number of carbonyl (C=O) groups is 3. The van der Waals surface area contributed by atoms with E-state index in [9.17, 15) is 14.4 Å². The summed E-state index contributed by atoms with van der Waals surface area (Å²) in [6.07, 6.45) is 4.88. The van der Waals surface area contributed by atoms with Gasteiger partial charge in [-0.1, -0.05) is 19.3 Å². The second-order valence-electron chi connectivity index (χ2n) is 9.09. The van der Waals surface area contributed by atoms with E-state index in [1.165, 1.54) is 22.3 Å². The lowest BCUT2D eigenvalue weighted by Crippen LogP contribution is -2.40. The number of benzene rings is 2. The number of imide groups is 1. The van der Waals surface area contributed by atoms with Gasteiger partial charge in [0.2, 0.25) is 0 Å². The molecule has 5 rings (SSSR count). The van der Waals surface area contributed by atoms with Gasteiger partial charge < -0.3 is 4.74 Å². The van der Waals surface area contributed by atoms with Crippen molar-refractivity contribution in [2.75, 3.05) is 12.4 Å². The second kappa shape index (κ2) is 9.26. The molecule has 0 bridgehead atoms. The Balaban J connectivity index is 1.35. The number of hydrogen-bond acceptors (Lipinski definition) is 6. The van der Waals surface area contributed by atoms with E-state index in [4.69, 9.17) is 4.74 Å². The molecule has 0 atom stereocenters. The summed E-state index contributed by atoms with van der Waals surface area (Å²) in [6, 6.07) is 10.5. The van der Waals surface area contributed by atoms with Gasteiger partial charge in [0.15, 0.2) is 5.13 Å². The van der Waals surface area contributed by atoms with E-state index in [2.05, 4.69) is 10.3 Å². The van der Waals surface area contributed by atoms with Crippen molar-refractivity contribution in [3.63, 3.8) is 0 Å². The minimum Gasteiger partial charge on any atom is -0.496 e. The van der Waals surface area contributed by atoms with Gasteiger partial charge in [-0.25, -0.2) is 4.98 Å². The summed E-state index contributed by atoms with van der Waals surface area (Å²) in [4.78, 5) is 46.0. The summed E-state index contributed by atoms with van der Waals surface area (Å²) in [5, 5.41) is 3.33. The smallest absolute Gasteiger partial charge is 0.261 e. The van der Waals surface area contributed by atoms with Gasteiger partial charge in [0, 0.05) is 22.0 Å². The first kappa shape index (κ1) is 23.2. The molecule has 7 nitrogen and oxygen atoms in total. The molecule has 8 heteroatoms. The van der Waals surface area contributed by atoms with Crippen LogP contribution in [0.5, 0.6) is 5.75 Å². The Morgan fingerprint density at radius 1 is 1.03 bits per heavy atom. The molecular formula is C27H27N3O4S. The molecule has 0 spiro atoms. The maximum atomic E-state index is 13.1. The number of anilines is 1. The first-order chi connectivity index (χ1) is 16.9. The van der Waals surface area contributed by atoms with Crippen molar-refractivity contribution in [1.29, 1.82) is 0 Å². The van der Waals surface area contributed by atoms with Gasteiger partial charge in [0.25, 0.3) is 17.7 Å². The van der Waals surface area contributed by atoms with Crippen molar-refractivity contribution in [3.05, 3.63) is 63.5 Å². The molecule has 0 unspecified atom stereocenters. The molecule has 1 fully saturated rings. The topological polar surface area (TPSA) is 88.6 Å². The predicted molar refractivity (Wildman–Crippen MR) is 135 cm³/mol. The summed E-state index contributed by atoms with van der Waals surface area (Å²) in [7, 11) is 1.64. The third-order valence-corrected chi connectivity index (χ3v) is 7.69. The zero-order valence-corrected chi connectivity index (χ0v) is 20.8. The van der Waals surface area contributed by atoms with Crippen LogP contribution in [0.4, 0.5) is 5.13 Å². The first-order valence-electron chi connectivity index (χ1n) is 11.8. The van der Waals surface area contributed by atoms with Crippen LogP contribution in [0.1, 0.15) is 73.6 Å². The van der Waals surface area contributed by atoms with Crippen LogP contribution in [-0.4, -0.2) is 40.8 Å². The summed E-state index contributed by atoms with van der Waals surface area (Å²) in [5.74, 6) is -0.107. The van der Waals surface area contributed by atoms with E-state index in [1.54, 1.807) is 19.2 Å². The summed E-state index contributed by atoms with van der Waals surface area (Å²) in [6.45, 7) is 3.93. The zero-order valence-electron chi connectivity index (χ0n) is 20.0. The SMILES string of the molecule is COc1ccc(-c2nc(NC(=O)c3ccc4c(c3)C(=O)N(C3CCCCC3)C4=O)sc2C)cc1C. The lowest BCUT2D eigenvalue weighted by atomic mass is 9.94. The molecule has 1 N–H and O–H groups in total. The van der Waals surface area contributed by atoms with E-state index < -0.39 is 0 Å².